The van der Waals surface area contributed by atoms with Gasteiger partial charge in [0.25, 0.3) is 0 Å². The van der Waals surface area contributed by atoms with Gasteiger partial charge < -0.3 is 9.84 Å². The fourth-order valence-electron chi connectivity index (χ4n) is 1.73. The minimum absolute atomic E-state index is 0.00241. The molecule has 0 aromatic heterocycles. The number of carboxylic acids is 1. The SMILES string of the molecule is COc1ccc(S(=O)(=O)NC2CC2)c(CC(=O)O)c1. The summed E-state index contributed by atoms with van der Waals surface area (Å²) in [5.41, 5.74) is 0.222. The first kappa shape index (κ1) is 13.8. The molecule has 1 saturated carbocycles. The number of hydrogen-bond acceptors (Lipinski definition) is 4. The molecule has 0 radical (unpaired) electrons. The first-order chi connectivity index (χ1) is 8.92. The zero-order valence-electron chi connectivity index (χ0n) is 10.4. The topological polar surface area (TPSA) is 92.7 Å². The Morgan fingerprint density at radius 3 is 2.68 bits per heavy atom. The first-order valence-electron chi connectivity index (χ1n) is 5.83. The average molecular weight is 285 g/mol. The van der Waals surface area contributed by atoms with Crippen molar-refractivity contribution < 1.29 is 23.1 Å². The normalized spacial score (nSPS) is 15.2. The second kappa shape index (κ2) is 5.18. The molecule has 2 rings (SSSR count). The van der Waals surface area contributed by atoms with E-state index in [-0.39, 0.29) is 22.9 Å². The third kappa shape index (κ3) is 3.45. The van der Waals surface area contributed by atoms with E-state index < -0.39 is 16.0 Å². The van der Waals surface area contributed by atoms with Crippen molar-refractivity contribution in [2.24, 2.45) is 0 Å². The highest BCUT2D eigenvalue weighted by molar-refractivity contribution is 7.89. The number of nitrogens with one attached hydrogen (secondary N) is 1. The van der Waals surface area contributed by atoms with Crippen molar-refractivity contribution in [3.8, 4) is 5.75 Å². The predicted molar refractivity (Wildman–Crippen MR) is 67.7 cm³/mol. The molecule has 0 saturated heterocycles. The van der Waals surface area contributed by atoms with Crippen molar-refractivity contribution in [3.63, 3.8) is 0 Å². The number of aliphatic carboxylic acids is 1. The number of benzene rings is 1. The van der Waals surface area contributed by atoms with E-state index in [0.717, 1.165) is 12.8 Å². The average Bonchev–Trinajstić information content (AvgIpc) is 3.11. The maximum Gasteiger partial charge on any atom is 0.307 e. The second-order valence-corrected chi connectivity index (χ2v) is 6.12. The number of methoxy groups -OCH3 is 1. The van der Waals surface area contributed by atoms with Gasteiger partial charge in [-0.3, -0.25) is 4.79 Å². The number of hydrogen-bond donors (Lipinski definition) is 2. The molecule has 0 spiro atoms. The van der Waals surface area contributed by atoms with Gasteiger partial charge in [0.05, 0.1) is 18.4 Å². The van der Waals surface area contributed by atoms with Crippen LogP contribution in [0.1, 0.15) is 18.4 Å². The molecule has 1 aliphatic rings. The lowest BCUT2D eigenvalue weighted by atomic mass is 10.1. The van der Waals surface area contributed by atoms with Crippen molar-refractivity contribution in [3.05, 3.63) is 23.8 Å². The summed E-state index contributed by atoms with van der Waals surface area (Å²) in [7, 11) is -2.23. The molecule has 0 atom stereocenters. The van der Waals surface area contributed by atoms with E-state index in [0.29, 0.717) is 5.75 Å². The Morgan fingerprint density at radius 1 is 1.47 bits per heavy atom. The maximum atomic E-state index is 12.1. The van der Waals surface area contributed by atoms with Gasteiger partial charge in [-0.05, 0) is 36.6 Å². The van der Waals surface area contributed by atoms with Crippen LogP contribution >= 0.6 is 0 Å². The van der Waals surface area contributed by atoms with E-state index in [1.807, 2.05) is 0 Å². The predicted octanol–water partition coefficient (Wildman–Crippen LogP) is 0.763. The summed E-state index contributed by atoms with van der Waals surface area (Å²) in [5.74, 6) is -0.655. The number of rotatable bonds is 6. The fourth-order valence-corrected chi connectivity index (χ4v) is 3.26. The third-order valence-corrected chi connectivity index (χ3v) is 4.42. The van der Waals surface area contributed by atoms with Crippen LogP contribution in [-0.4, -0.2) is 32.6 Å². The van der Waals surface area contributed by atoms with Gasteiger partial charge in [-0.15, -0.1) is 0 Å². The summed E-state index contributed by atoms with van der Waals surface area (Å²) in [4.78, 5) is 10.8. The Kier molecular flexibility index (Phi) is 3.77. The van der Waals surface area contributed by atoms with Gasteiger partial charge in [-0.1, -0.05) is 0 Å². The number of carbonyl (C=O) groups is 1. The van der Waals surface area contributed by atoms with E-state index in [4.69, 9.17) is 9.84 Å². The van der Waals surface area contributed by atoms with Crippen LogP contribution in [-0.2, 0) is 21.2 Å². The minimum atomic E-state index is -3.67. The lowest BCUT2D eigenvalue weighted by Crippen LogP contribution is -2.27. The van der Waals surface area contributed by atoms with Crippen molar-refractivity contribution >= 4 is 16.0 Å². The molecular weight excluding hydrogens is 270 g/mol. The van der Waals surface area contributed by atoms with Crippen LogP contribution in [0.4, 0.5) is 0 Å². The summed E-state index contributed by atoms with van der Waals surface area (Å²) < 4.78 is 31.8. The molecule has 1 aromatic rings. The van der Waals surface area contributed by atoms with Gasteiger partial charge >= 0.3 is 5.97 Å². The quantitative estimate of drug-likeness (QED) is 0.805. The second-order valence-electron chi connectivity index (χ2n) is 4.44. The molecule has 0 amide bonds. The van der Waals surface area contributed by atoms with Crippen molar-refractivity contribution in [1.82, 2.24) is 4.72 Å². The molecule has 0 aliphatic heterocycles. The molecule has 1 aliphatic carbocycles. The fraction of sp³-hybridized carbons (Fsp3) is 0.417. The Morgan fingerprint density at radius 2 is 2.16 bits per heavy atom. The molecule has 19 heavy (non-hydrogen) atoms. The van der Waals surface area contributed by atoms with Crippen molar-refractivity contribution in [2.45, 2.75) is 30.2 Å². The first-order valence-corrected chi connectivity index (χ1v) is 7.32. The molecule has 1 fully saturated rings. The van der Waals surface area contributed by atoms with E-state index in [9.17, 15) is 13.2 Å². The number of sulfonamides is 1. The number of carboxylic acid groups (broad SMARTS) is 1. The Bertz CT molecular complexity index is 592. The van der Waals surface area contributed by atoms with Crippen LogP contribution in [0.5, 0.6) is 5.75 Å². The molecule has 0 heterocycles. The molecular formula is C12H15NO5S. The molecule has 2 N–H and O–H groups in total. The van der Waals surface area contributed by atoms with Gasteiger partial charge in [-0.2, -0.15) is 0 Å². The summed E-state index contributed by atoms with van der Waals surface area (Å²) in [5, 5.41) is 8.86. The lowest BCUT2D eigenvalue weighted by molar-refractivity contribution is -0.136. The summed E-state index contributed by atoms with van der Waals surface area (Å²) >= 11 is 0. The lowest BCUT2D eigenvalue weighted by Gasteiger charge is -2.11. The zero-order valence-corrected chi connectivity index (χ0v) is 11.2. The van der Waals surface area contributed by atoms with Gasteiger partial charge in [0.1, 0.15) is 5.75 Å². The highest BCUT2D eigenvalue weighted by Gasteiger charge is 2.29. The summed E-state index contributed by atoms with van der Waals surface area (Å²) in [6.07, 6.45) is 1.28. The molecule has 7 heteroatoms. The van der Waals surface area contributed by atoms with E-state index >= 15 is 0 Å². The molecule has 0 unspecified atom stereocenters. The number of ether oxygens (including phenoxy) is 1. The largest absolute Gasteiger partial charge is 0.497 e. The highest BCUT2D eigenvalue weighted by atomic mass is 32.2. The standard InChI is InChI=1S/C12H15NO5S/c1-18-10-4-5-11(8(6-10)7-12(14)15)19(16,17)13-9-2-3-9/h4-6,9,13H,2-3,7H2,1H3,(H,14,15). The zero-order chi connectivity index (χ0) is 14.0. The van der Waals surface area contributed by atoms with E-state index in [1.54, 1.807) is 0 Å². The van der Waals surface area contributed by atoms with Crippen LogP contribution in [0.15, 0.2) is 23.1 Å². The molecule has 1 aromatic carbocycles. The van der Waals surface area contributed by atoms with Crippen molar-refractivity contribution in [2.75, 3.05) is 7.11 Å². The van der Waals surface area contributed by atoms with Crippen LogP contribution in [0.25, 0.3) is 0 Å². The highest BCUT2D eigenvalue weighted by Crippen LogP contribution is 2.26. The van der Waals surface area contributed by atoms with E-state index in [2.05, 4.69) is 4.72 Å². The Balaban J connectivity index is 2.39. The molecule has 6 nitrogen and oxygen atoms in total. The van der Waals surface area contributed by atoms with Gasteiger partial charge in [-0.25, -0.2) is 13.1 Å². The van der Waals surface area contributed by atoms with Crippen LogP contribution in [0.3, 0.4) is 0 Å². The van der Waals surface area contributed by atoms with Crippen LogP contribution < -0.4 is 9.46 Å². The van der Waals surface area contributed by atoms with Crippen LogP contribution in [0, 0.1) is 0 Å². The van der Waals surface area contributed by atoms with Gasteiger partial charge in [0.2, 0.25) is 10.0 Å². The van der Waals surface area contributed by atoms with Crippen LogP contribution in [0.2, 0.25) is 0 Å². The van der Waals surface area contributed by atoms with Crippen molar-refractivity contribution in [1.29, 1.82) is 0 Å². The van der Waals surface area contributed by atoms with Gasteiger partial charge in [0, 0.05) is 6.04 Å². The minimum Gasteiger partial charge on any atom is -0.497 e. The van der Waals surface area contributed by atoms with Gasteiger partial charge in [0.15, 0.2) is 0 Å². The molecule has 0 bridgehead atoms. The summed E-state index contributed by atoms with van der Waals surface area (Å²) in [6, 6.07) is 4.30. The monoisotopic (exact) mass is 285 g/mol. The Hall–Kier alpha value is -1.60. The molecule has 104 valence electrons. The third-order valence-electron chi connectivity index (χ3n) is 2.80. The smallest absolute Gasteiger partial charge is 0.307 e. The maximum absolute atomic E-state index is 12.1. The Labute approximate surface area is 111 Å². The van der Waals surface area contributed by atoms with E-state index in [1.165, 1.54) is 25.3 Å². The summed E-state index contributed by atoms with van der Waals surface area (Å²) in [6.45, 7) is 0.